The molecule has 0 fully saturated rings. The molecular formula is C20H19ClN2O3. The van der Waals surface area contributed by atoms with E-state index in [0.717, 1.165) is 17.0 Å². The first-order valence-corrected chi connectivity index (χ1v) is 8.59. The zero-order valence-electron chi connectivity index (χ0n) is 14.6. The van der Waals surface area contributed by atoms with Crippen molar-refractivity contribution >= 4 is 23.2 Å². The van der Waals surface area contributed by atoms with Gasteiger partial charge in [-0.15, -0.1) is 0 Å². The van der Waals surface area contributed by atoms with Gasteiger partial charge >= 0.3 is 0 Å². The average molecular weight is 371 g/mol. The van der Waals surface area contributed by atoms with Gasteiger partial charge in [-0.2, -0.15) is 0 Å². The summed E-state index contributed by atoms with van der Waals surface area (Å²) in [6.45, 7) is 1.86. The van der Waals surface area contributed by atoms with Gasteiger partial charge in [0, 0.05) is 24.1 Å². The third-order valence-electron chi connectivity index (χ3n) is 3.94. The molecule has 0 spiro atoms. The summed E-state index contributed by atoms with van der Waals surface area (Å²) >= 11 is 6.07. The number of rotatable bonds is 6. The Morgan fingerprint density at radius 2 is 2.00 bits per heavy atom. The Morgan fingerprint density at radius 1 is 1.23 bits per heavy atom. The highest BCUT2D eigenvalue weighted by Crippen LogP contribution is 2.27. The summed E-state index contributed by atoms with van der Waals surface area (Å²) in [5.41, 5.74) is 2.33. The summed E-state index contributed by atoms with van der Waals surface area (Å²) in [4.78, 5) is 16.7. The molecule has 5 nitrogen and oxygen atoms in total. The van der Waals surface area contributed by atoms with Crippen molar-refractivity contribution in [2.24, 2.45) is 0 Å². The fourth-order valence-electron chi connectivity index (χ4n) is 2.56. The molecule has 26 heavy (non-hydrogen) atoms. The van der Waals surface area contributed by atoms with Crippen LogP contribution in [0.2, 0.25) is 5.02 Å². The van der Waals surface area contributed by atoms with Crippen molar-refractivity contribution in [2.75, 3.05) is 12.4 Å². The van der Waals surface area contributed by atoms with Crippen molar-refractivity contribution in [1.29, 1.82) is 0 Å². The van der Waals surface area contributed by atoms with E-state index in [9.17, 15) is 4.79 Å². The molecule has 1 aromatic heterocycles. The van der Waals surface area contributed by atoms with Crippen LogP contribution in [0.4, 0.5) is 5.69 Å². The van der Waals surface area contributed by atoms with E-state index in [1.54, 1.807) is 25.3 Å². The molecule has 0 saturated heterocycles. The fourth-order valence-corrected chi connectivity index (χ4v) is 2.82. The zero-order chi connectivity index (χ0) is 18.5. The summed E-state index contributed by atoms with van der Waals surface area (Å²) in [6, 6.07) is 14.8. The lowest BCUT2D eigenvalue weighted by molar-refractivity contribution is -0.116. The van der Waals surface area contributed by atoms with Gasteiger partial charge in [0.1, 0.15) is 11.5 Å². The Balaban J connectivity index is 1.61. The summed E-state index contributed by atoms with van der Waals surface area (Å²) in [5.74, 6) is 1.75. The third kappa shape index (κ3) is 4.24. The van der Waals surface area contributed by atoms with Crippen molar-refractivity contribution in [3.05, 3.63) is 65.0 Å². The second-order valence-electron chi connectivity index (χ2n) is 5.79. The number of carbonyl (C=O) groups excluding carboxylic acids is 1. The van der Waals surface area contributed by atoms with Crippen LogP contribution in [0, 0.1) is 6.92 Å². The van der Waals surface area contributed by atoms with Crippen LogP contribution in [0.15, 0.2) is 52.9 Å². The lowest BCUT2D eigenvalue weighted by Gasteiger charge is -2.07. The standard InChI is InChI=1S/C20H19ClN2O3/c1-13-17(23-20(26-13)14-6-4-3-5-7-14)9-11-19(24)22-15-8-10-18(25-2)16(21)12-15/h3-8,10,12H,9,11H2,1-2H3,(H,22,24). The molecule has 134 valence electrons. The van der Waals surface area contributed by atoms with E-state index in [-0.39, 0.29) is 5.91 Å². The normalized spacial score (nSPS) is 10.6. The van der Waals surface area contributed by atoms with E-state index in [1.807, 2.05) is 37.3 Å². The van der Waals surface area contributed by atoms with Crippen LogP contribution in [0.25, 0.3) is 11.5 Å². The number of methoxy groups -OCH3 is 1. The Labute approximate surface area is 157 Å². The van der Waals surface area contributed by atoms with Gasteiger partial charge in [0.05, 0.1) is 17.8 Å². The van der Waals surface area contributed by atoms with E-state index in [1.165, 1.54) is 0 Å². The summed E-state index contributed by atoms with van der Waals surface area (Å²) < 4.78 is 10.8. The van der Waals surface area contributed by atoms with Crippen molar-refractivity contribution in [3.8, 4) is 17.2 Å². The van der Waals surface area contributed by atoms with Crippen LogP contribution in [-0.4, -0.2) is 18.0 Å². The Morgan fingerprint density at radius 3 is 2.69 bits per heavy atom. The summed E-state index contributed by atoms with van der Waals surface area (Å²) in [7, 11) is 1.55. The lowest BCUT2D eigenvalue weighted by atomic mass is 10.2. The maximum absolute atomic E-state index is 12.2. The predicted molar refractivity (Wildman–Crippen MR) is 102 cm³/mol. The summed E-state index contributed by atoms with van der Waals surface area (Å²) in [5, 5.41) is 3.27. The van der Waals surface area contributed by atoms with Gasteiger partial charge in [0.2, 0.25) is 11.8 Å². The number of hydrogen-bond acceptors (Lipinski definition) is 4. The number of aryl methyl sites for hydroxylation is 2. The molecule has 3 aromatic rings. The third-order valence-corrected chi connectivity index (χ3v) is 4.23. The largest absolute Gasteiger partial charge is 0.495 e. The number of ether oxygens (including phenoxy) is 1. The molecule has 0 unspecified atom stereocenters. The maximum Gasteiger partial charge on any atom is 0.226 e. The van der Waals surface area contributed by atoms with Crippen LogP contribution < -0.4 is 10.1 Å². The van der Waals surface area contributed by atoms with Crippen LogP contribution in [0.3, 0.4) is 0 Å². The minimum atomic E-state index is -0.116. The first kappa shape index (κ1) is 18.0. The number of benzene rings is 2. The molecule has 6 heteroatoms. The summed E-state index contributed by atoms with van der Waals surface area (Å²) in [6.07, 6.45) is 0.795. The molecule has 1 heterocycles. The van der Waals surface area contributed by atoms with Crippen LogP contribution in [0.5, 0.6) is 5.75 Å². The van der Waals surface area contributed by atoms with Gasteiger partial charge in [-0.3, -0.25) is 4.79 Å². The highest BCUT2D eigenvalue weighted by molar-refractivity contribution is 6.32. The van der Waals surface area contributed by atoms with Gasteiger partial charge in [-0.05, 0) is 37.3 Å². The molecular weight excluding hydrogens is 352 g/mol. The van der Waals surface area contributed by atoms with Crippen LogP contribution in [0.1, 0.15) is 17.9 Å². The Hall–Kier alpha value is -2.79. The van der Waals surface area contributed by atoms with Crippen molar-refractivity contribution in [3.63, 3.8) is 0 Å². The Kier molecular flexibility index (Phi) is 5.58. The Bertz CT molecular complexity index is 907. The minimum absolute atomic E-state index is 0.116. The maximum atomic E-state index is 12.2. The van der Waals surface area contributed by atoms with E-state index >= 15 is 0 Å². The molecule has 0 saturated carbocycles. The zero-order valence-corrected chi connectivity index (χ0v) is 15.3. The number of nitrogens with one attached hydrogen (secondary N) is 1. The minimum Gasteiger partial charge on any atom is -0.495 e. The number of aromatic nitrogens is 1. The van der Waals surface area contributed by atoms with Crippen LogP contribution >= 0.6 is 11.6 Å². The number of halogens is 1. The fraction of sp³-hybridized carbons (Fsp3) is 0.200. The molecule has 0 aliphatic heterocycles. The molecule has 0 atom stereocenters. The van der Waals surface area contributed by atoms with Crippen LogP contribution in [-0.2, 0) is 11.2 Å². The quantitative estimate of drug-likeness (QED) is 0.671. The highest BCUT2D eigenvalue weighted by atomic mass is 35.5. The molecule has 3 rings (SSSR count). The molecule has 0 aliphatic rings. The number of amides is 1. The molecule has 1 N–H and O–H groups in total. The SMILES string of the molecule is COc1ccc(NC(=O)CCc2nc(-c3ccccc3)oc2C)cc1Cl. The van der Waals surface area contributed by atoms with Crippen molar-refractivity contribution in [1.82, 2.24) is 4.98 Å². The second kappa shape index (κ2) is 8.06. The van der Waals surface area contributed by atoms with Gasteiger partial charge in [0.15, 0.2) is 0 Å². The molecule has 0 bridgehead atoms. The lowest BCUT2D eigenvalue weighted by Crippen LogP contribution is -2.12. The molecule has 0 aliphatic carbocycles. The highest BCUT2D eigenvalue weighted by Gasteiger charge is 2.13. The monoisotopic (exact) mass is 370 g/mol. The first-order chi connectivity index (χ1) is 12.6. The first-order valence-electron chi connectivity index (χ1n) is 8.22. The molecule has 2 aromatic carbocycles. The number of carbonyl (C=O) groups is 1. The molecule has 0 radical (unpaired) electrons. The van der Waals surface area contributed by atoms with E-state index in [0.29, 0.717) is 35.2 Å². The van der Waals surface area contributed by atoms with Gasteiger partial charge < -0.3 is 14.5 Å². The number of oxazole rings is 1. The van der Waals surface area contributed by atoms with E-state index in [2.05, 4.69) is 10.3 Å². The van der Waals surface area contributed by atoms with Crippen molar-refractivity contribution < 1.29 is 13.9 Å². The second-order valence-corrected chi connectivity index (χ2v) is 6.19. The van der Waals surface area contributed by atoms with E-state index < -0.39 is 0 Å². The predicted octanol–water partition coefficient (Wildman–Crippen LogP) is 4.88. The van der Waals surface area contributed by atoms with E-state index in [4.69, 9.17) is 20.8 Å². The number of hydrogen-bond donors (Lipinski definition) is 1. The number of nitrogens with zero attached hydrogens (tertiary/aromatic N) is 1. The van der Waals surface area contributed by atoms with Gasteiger partial charge in [0.25, 0.3) is 0 Å². The molecule has 1 amide bonds. The topological polar surface area (TPSA) is 64.4 Å². The van der Waals surface area contributed by atoms with Gasteiger partial charge in [-0.1, -0.05) is 29.8 Å². The smallest absolute Gasteiger partial charge is 0.226 e. The van der Waals surface area contributed by atoms with Crippen molar-refractivity contribution in [2.45, 2.75) is 19.8 Å². The average Bonchev–Trinajstić information content (AvgIpc) is 3.02. The number of anilines is 1. The van der Waals surface area contributed by atoms with Gasteiger partial charge in [-0.25, -0.2) is 4.98 Å².